The highest BCUT2D eigenvalue weighted by Gasteiger charge is 2.32. The van der Waals surface area contributed by atoms with Crippen LogP contribution in [0.2, 0.25) is 0 Å². The normalized spacial score (nSPS) is 19.2. The summed E-state index contributed by atoms with van der Waals surface area (Å²) in [6, 6.07) is 6.13. The monoisotopic (exact) mass is 479 g/mol. The molecule has 0 spiro atoms. The van der Waals surface area contributed by atoms with Crippen LogP contribution < -0.4 is 10.1 Å². The number of fused-ring (bicyclic) bond motifs is 1. The number of nitrogens with zero attached hydrogens (tertiary/aromatic N) is 4. The van der Waals surface area contributed by atoms with Crippen molar-refractivity contribution in [3.8, 4) is 5.75 Å². The van der Waals surface area contributed by atoms with Gasteiger partial charge in [0.15, 0.2) is 5.69 Å². The summed E-state index contributed by atoms with van der Waals surface area (Å²) < 4.78 is 43.6. The number of carbonyl (C=O) groups excluding carboxylic acids is 1. The van der Waals surface area contributed by atoms with Gasteiger partial charge in [-0.05, 0) is 50.4 Å². The van der Waals surface area contributed by atoms with Gasteiger partial charge in [-0.1, -0.05) is 19.1 Å². The number of amides is 1. The predicted molar refractivity (Wildman–Crippen MR) is 122 cm³/mol. The molecule has 1 aromatic heterocycles. The highest BCUT2D eigenvalue weighted by Crippen LogP contribution is 2.27. The number of hydrogen-bond acceptors (Lipinski definition) is 5. The predicted octanol–water partition coefficient (Wildman–Crippen LogP) is 3.23. The van der Waals surface area contributed by atoms with Crippen molar-refractivity contribution in [3.63, 3.8) is 0 Å². The number of benzene rings is 1. The molecule has 0 bridgehead atoms. The van der Waals surface area contributed by atoms with Crippen molar-refractivity contribution >= 4 is 5.91 Å². The minimum absolute atomic E-state index is 0.00291. The Bertz CT molecular complexity index is 999. The summed E-state index contributed by atoms with van der Waals surface area (Å²) in [5, 5.41) is 8.19. The van der Waals surface area contributed by atoms with Crippen molar-refractivity contribution in [3.05, 3.63) is 46.8 Å². The maximum absolute atomic E-state index is 13.3. The van der Waals surface area contributed by atoms with Gasteiger partial charge in [-0.15, -0.1) is 13.2 Å². The zero-order valence-corrected chi connectivity index (χ0v) is 19.7. The quantitative estimate of drug-likeness (QED) is 0.661. The molecule has 0 radical (unpaired) electrons. The van der Waals surface area contributed by atoms with Gasteiger partial charge in [0.05, 0.1) is 0 Å². The van der Waals surface area contributed by atoms with Crippen molar-refractivity contribution in [1.82, 2.24) is 24.9 Å². The van der Waals surface area contributed by atoms with Gasteiger partial charge >= 0.3 is 6.36 Å². The van der Waals surface area contributed by atoms with Crippen LogP contribution in [0, 0.1) is 0 Å². The van der Waals surface area contributed by atoms with Crippen molar-refractivity contribution < 1.29 is 22.7 Å². The third-order valence-electron chi connectivity index (χ3n) is 6.50. The molecule has 1 amide bonds. The van der Waals surface area contributed by atoms with Gasteiger partial charge in [-0.3, -0.25) is 9.48 Å². The molecule has 186 valence electrons. The van der Waals surface area contributed by atoms with E-state index in [1.54, 1.807) is 12.1 Å². The largest absolute Gasteiger partial charge is 0.573 e. The first-order valence-corrected chi connectivity index (χ1v) is 11.9. The van der Waals surface area contributed by atoms with Crippen LogP contribution in [-0.4, -0.2) is 71.1 Å². The van der Waals surface area contributed by atoms with Gasteiger partial charge in [0.25, 0.3) is 5.91 Å². The fraction of sp³-hybridized carbons (Fsp3) is 0.583. The van der Waals surface area contributed by atoms with Crippen LogP contribution in [0.1, 0.15) is 47.1 Å². The molecule has 34 heavy (non-hydrogen) atoms. The molecule has 1 unspecified atom stereocenters. The lowest BCUT2D eigenvalue weighted by atomic mass is 9.90. The third kappa shape index (κ3) is 5.90. The Hall–Kier alpha value is -2.59. The topological polar surface area (TPSA) is 62.6 Å². The molecule has 4 rings (SSSR count). The second kappa shape index (κ2) is 10.4. The first-order valence-electron chi connectivity index (χ1n) is 11.9. The Morgan fingerprint density at radius 2 is 2.00 bits per heavy atom. The minimum Gasteiger partial charge on any atom is -0.406 e. The zero-order chi connectivity index (χ0) is 24.3. The molecule has 2 heterocycles. The Morgan fingerprint density at radius 3 is 2.71 bits per heavy atom. The van der Waals surface area contributed by atoms with Crippen molar-refractivity contribution in [2.45, 2.75) is 58.1 Å². The SMILES string of the molecule is CCCn1nc(C(=O)N2CCN(C)CC2)c2c1CCC(NCc1cccc(OC(F)(F)F)c1)C2. The molecule has 1 atom stereocenters. The number of alkyl halides is 3. The zero-order valence-electron chi connectivity index (χ0n) is 19.7. The molecular formula is C24H32F3N5O2. The molecule has 1 N–H and O–H groups in total. The van der Waals surface area contributed by atoms with E-state index in [2.05, 4.69) is 28.9 Å². The highest BCUT2D eigenvalue weighted by atomic mass is 19.4. The molecule has 1 aromatic carbocycles. The van der Waals surface area contributed by atoms with Crippen LogP contribution in [0.5, 0.6) is 5.75 Å². The van der Waals surface area contributed by atoms with Gasteiger partial charge in [0, 0.05) is 56.6 Å². The summed E-state index contributed by atoms with van der Waals surface area (Å²) in [6.45, 7) is 6.39. The van der Waals surface area contributed by atoms with Crippen LogP contribution in [0.25, 0.3) is 0 Å². The van der Waals surface area contributed by atoms with Gasteiger partial charge in [0.2, 0.25) is 0 Å². The number of aromatic nitrogens is 2. The number of hydrogen-bond donors (Lipinski definition) is 1. The molecule has 1 aliphatic carbocycles. The summed E-state index contributed by atoms with van der Waals surface area (Å²) in [5.41, 5.74) is 3.41. The lowest BCUT2D eigenvalue weighted by Gasteiger charge is -2.32. The van der Waals surface area contributed by atoms with E-state index in [0.29, 0.717) is 37.3 Å². The Kier molecular flexibility index (Phi) is 7.47. The smallest absolute Gasteiger partial charge is 0.406 e. The fourth-order valence-electron chi connectivity index (χ4n) is 4.70. The second-order valence-corrected chi connectivity index (χ2v) is 9.11. The molecule has 1 fully saturated rings. The molecular weight excluding hydrogens is 447 g/mol. The molecule has 1 aliphatic heterocycles. The molecule has 1 saturated heterocycles. The number of aryl methyl sites for hydroxylation is 1. The third-order valence-corrected chi connectivity index (χ3v) is 6.50. The molecule has 0 saturated carbocycles. The minimum atomic E-state index is -4.71. The maximum Gasteiger partial charge on any atom is 0.573 e. The number of ether oxygens (including phenoxy) is 1. The lowest BCUT2D eigenvalue weighted by Crippen LogP contribution is -2.47. The first-order chi connectivity index (χ1) is 16.2. The van der Waals surface area contributed by atoms with E-state index in [4.69, 9.17) is 5.10 Å². The Balaban J connectivity index is 1.46. The average molecular weight is 480 g/mol. The molecule has 2 aliphatic rings. The number of likely N-dealkylation sites (N-methyl/N-ethyl adjacent to an activating group) is 1. The standard InChI is InChI=1S/C24H32F3N5O2/c1-3-9-32-21-8-7-18(28-16-17-5-4-6-19(14-17)34-24(25,26)27)15-20(21)22(29-32)23(33)31-12-10-30(2)11-13-31/h4-6,14,18,28H,3,7-13,15-16H2,1-2H3. The highest BCUT2D eigenvalue weighted by molar-refractivity contribution is 5.94. The summed E-state index contributed by atoms with van der Waals surface area (Å²) in [6.07, 6.45) is -1.41. The van der Waals surface area contributed by atoms with Crippen LogP contribution in [0.4, 0.5) is 13.2 Å². The Labute approximate surface area is 197 Å². The number of halogens is 3. The summed E-state index contributed by atoms with van der Waals surface area (Å²) in [7, 11) is 2.06. The lowest BCUT2D eigenvalue weighted by molar-refractivity contribution is -0.274. The molecule has 7 nitrogen and oxygen atoms in total. The van der Waals surface area contributed by atoms with E-state index in [9.17, 15) is 18.0 Å². The number of carbonyl (C=O) groups is 1. The molecule has 10 heteroatoms. The van der Waals surface area contributed by atoms with Crippen LogP contribution in [0.15, 0.2) is 24.3 Å². The van der Waals surface area contributed by atoms with Gasteiger partial charge < -0.3 is 19.9 Å². The number of piperazine rings is 1. The van der Waals surface area contributed by atoms with Crippen LogP contribution in [-0.2, 0) is 25.9 Å². The number of nitrogens with one attached hydrogen (secondary N) is 1. The van der Waals surface area contributed by atoms with E-state index in [1.807, 2.05) is 9.58 Å². The van der Waals surface area contributed by atoms with Gasteiger partial charge in [-0.2, -0.15) is 5.10 Å². The van der Waals surface area contributed by atoms with Crippen molar-refractivity contribution in [1.29, 1.82) is 0 Å². The summed E-state index contributed by atoms with van der Waals surface area (Å²) >= 11 is 0. The second-order valence-electron chi connectivity index (χ2n) is 9.11. The average Bonchev–Trinajstić information content (AvgIpc) is 3.15. The van der Waals surface area contributed by atoms with Crippen LogP contribution in [0.3, 0.4) is 0 Å². The Morgan fingerprint density at radius 1 is 1.24 bits per heavy atom. The van der Waals surface area contributed by atoms with Gasteiger partial charge in [-0.25, -0.2) is 0 Å². The fourth-order valence-corrected chi connectivity index (χ4v) is 4.70. The van der Waals surface area contributed by atoms with E-state index in [1.165, 1.54) is 12.1 Å². The van der Waals surface area contributed by atoms with Crippen LogP contribution >= 0.6 is 0 Å². The van der Waals surface area contributed by atoms with Crippen molar-refractivity contribution in [2.75, 3.05) is 33.2 Å². The van der Waals surface area contributed by atoms with E-state index >= 15 is 0 Å². The first kappa shape index (κ1) is 24.5. The van der Waals surface area contributed by atoms with Crippen molar-refractivity contribution in [2.24, 2.45) is 0 Å². The van der Waals surface area contributed by atoms with E-state index in [0.717, 1.165) is 50.2 Å². The van der Waals surface area contributed by atoms with E-state index < -0.39 is 6.36 Å². The summed E-state index contributed by atoms with van der Waals surface area (Å²) in [4.78, 5) is 17.4. The summed E-state index contributed by atoms with van der Waals surface area (Å²) in [5.74, 6) is -0.226. The molecule has 2 aromatic rings. The number of rotatable bonds is 7. The van der Waals surface area contributed by atoms with Gasteiger partial charge in [0.1, 0.15) is 5.75 Å². The van der Waals surface area contributed by atoms with E-state index in [-0.39, 0.29) is 17.7 Å². The maximum atomic E-state index is 13.3.